The number of ether oxygens (including phenoxy) is 1. The molecule has 3 aromatic rings. The molecule has 0 atom stereocenters. The Kier molecular flexibility index (Phi) is 5.61. The van der Waals surface area contributed by atoms with Crippen molar-refractivity contribution < 1.29 is 14.6 Å². The van der Waals surface area contributed by atoms with Gasteiger partial charge in [0.1, 0.15) is 12.4 Å². The van der Waals surface area contributed by atoms with Gasteiger partial charge in [0.15, 0.2) is 0 Å². The van der Waals surface area contributed by atoms with E-state index in [0.717, 1.165) is 22.5 Å². The van der Waals surface area contributed by atoms with Crippen molar-refractivity contribution in [1.29, 1.82) is 0 Å². The third-order valence-corrected chi connectivity index (χ3v) is 3.96. The van der Waals surface area contributed by atoms with Crippen molar-refractivity contribution >= 4 is 5.97 Å². The lowest BCUT2D eigenvalue weighted by molar-refractivity contribution is -0.136. The van der Waals surface area contributed by atoms with Crippen molar-refractivity contribution in [3.05, 3.63) is 83.6 Å². The van der Waals surface area contributed by atoms with E-state index in [-0.39, 0.29) is 13.0 Å². The molecule has 5 heteroatoms. The Labute approximate surface area is 152 Å². The van der Waals surface area contributed by atoms with Gasteiger partial charge < -0.3 is 15.6 Å². The monoisotopic (exact) mass is 348 g/mol. The predicted octanol–water partition coefficient (Wildman–Crippen LogP) is 3.41. The lowest BCUT2D eigenvalue weighted by Gasteiger charge is -2.11. The van der Waals surface area contributed by atoms with E-state index in [1.165, 1.54) is 0 Å². The number of hydrogen-bond donors (Lipinski definition) is 2. The van der Waals surface area contributed by atoms with Gasteiger partial charge in [-0.3, -0.25) is 4.79 Å². The summed E-state index contributed by atoms with van der Waals surface area (Å²) in [6.45, 7) is 0.748. The number of carboxylic acids is 1. The van der Waals surface area contributed by atoms with Crippen molar-refractivity contribution in [2.75, 3.05) is 0 Å². The van der Waals surface area contributed by atoms with Crippen LogP contribution < -0.4 is 10.5 Å². The van der Waals surface area contributed by atoms with Gasteiger partial charge in [-0.25, -0.2) is 4.98 Å². The van der Waals surface area contributed by atoms with Gasteiger partial charge in [0.25, 0.3) is 0 Å². The van der Waals surface area contributed by atoms with Crippen LogP contribution in [-0.2, 0) is 24.4 Å². The Bertz CT molecular complexity index is 909. The summed E-state index contributed by atoms with van der Waals surface area (Å²) in [5.41, 5.74) is 10.0. The van der Waals surface area contributed by atoms with Crippen molar-refractivity contribution in [3.8, 4) is 17.0 Å². The first-order chi connectivity index (χ1) is 12.7. The number of rotatable bonds is 7. The maximum absolute atomic E-state index is 11.0. The molecule has 3 N–H and O–H groups in total. The molecule has 0 fully saturated rings. The van der Waals surface area contributed by atoms with Crippen LogP contribution in [0.4, 0.5) is 0 Å². The van der Waals surface area contributed by atoms with E-state index < -0.39 is 5.97 Å². The number of pyridine rings is 1. The Balaban J connectivity index is 1.77. The van der Waals surface area contributed by atoms with E-state index in [4.69, 9.17) is 15.6 Å². The summed E-state index contributed by atoms with van der Waals surface area (Å²) in [4.78, 5) is 15.6. The van der Waals surface area contributed by atoms with Gasteiger partial charge in [-0.2, -0.15) is 0 Å². The Morgan fingerprint density at radius 3 is 2.65 bits per heavy atom. The molecule has 0 spiro atoms. The second-order valence-electron chi connectivity index (χ2n) is 5.89. The van der Waals surface area contributed by atoms with E-state index in [2.05, 4.69) is 4.98 Å². The molecule has 0 saturated carbocycles. The number of hydrogen-bond acceptors (Lipinski definition) is 4. The quantitative estimate of drug-likeness (QED) is 0.683. The van der Waals surface area contributed by atoms with Crippen LogP contribution in [-0.4, -0.2) is 16.1 Å². The number of nitrogens with two attached hydrogens (primary N) is 1. The molecule has 3 rings (SSSR count). The summed E-state index contributed by atoms with van der Waals surface area (Å²) < 4.78 is 5.81. The molecule has 0 aliphatic carbocycles. The Morgan fingerprint density at radius 2 is 1.85 bits per heavy atom. The van der Waals surface area contributed by atoms with Crippen molar-refractivity contribution in [1.82, 2.24) is 4.98 Å². The summed E-state index contributed by atoms with van der Waals surface area (Å²) >= 11 is 0. The molecule has 0 saturated heterocycles. The lowest BCUT2D eigenvalue weighted by Crippen LogP contribution is -2.05. The third kappa shape index (κ3) is 4.46. The molecule has 0 aliphatic heterocycles. The van der Waals surface area contributed by atoms with Crippen LogP contribution in [0.5, 0.6) is 5.75 Å². The number of benzene rings is 2. The number of para-hydroxylation sites is 1. The zero-order valence-electron chi connectivity index (χ0n) is 14.3. The van der Waals surface area contributed by atoms with Crippen LogP contribution in [0, 0.1) is 0 Å². The largest absolute Gasteiger partial charge is 0.487 e. The number of carboxylic acid groups (broad SMARTS) is 1. The molecule has 0 bridgehead atoms. The molecule has 2 aromatic carbocycles. The summed E-state index contributed by atoms with van der Waals surface area (Å²) in [6, 6.07) is 20.9. The van der Waals surface area contributed by atoms with Crippen molar-refractivity contribution in [2.45, 2.75) is 19.6 Å². The average Bonchev–Trinajstić information content (AvgIpc) is 2.67. The number of aliphatic carboxylic acids is 1. The van der Waals surface area contributed by atoms with Crippen LogP contribution in [0.25, 0.3) is 11.3 Å². The first-order valence-corrected chi connectivity index (χ1v) is 8.33. The molecule has 5 nitrogen and oxygen atoms in total. The first-order valence-electron chi connectivity index (χ1n) is 8.33. The highest BCUT2D eigenvalue weighted by Crippen LogP contribution is 2.22. The molecule has 26 heavy (non-hydrogen) atoms. The van der Waals surface area contributed by atoms with Gasteiger partial charge >= 0.3 is 5.97 Å². The molecule has 0 radical (unpaired) electrons. The molecular weight excluding hydrogens is 328 g/mol. The summed E-state index contributed by atoms with van der Waals surface area (Å²) in [5, 5.41) is 9.00. The predicted molar refractivity (Wildman–Crippen MR) is 99.7 cm³/mol. The van der Waals surface area contributed by atoms with Crippen LogP contribution in [0.2, 0.25) is 0 Å². The number of nitrogens with zero attached hydrogens (tertiary/aromatic N) is 1. The zero-order valence-corrected chi connectivity index (χ0v) is 14.3. The molecule has 132 valence electrons. The highest BCUT2D eigenvalue weighted by Gasteiger charge is 2.08. The Hall–Kier alpha value is -3.18. The second kappa shape index (κ2) is 8.27. The van der Waals surface area contributed by atoms with E-state index >= 15 is 0 Å². The van der Waals surface area contributed by atoms with Gasteiger partial charge in [-0.15, -0.1) is 0 Å². The van der Waals surface area contributed by atoms with Gasteiger partial charge in [0, 0.05) is 17.7 Å². The van der Waals surface area contributed by atoms with E-state index in [0.29, 0.717) is 17.9 Å². The number of carbonyl (C=O) groups is 1. The average molecular weight is 348 g/mol. The molecule has 1 heterocycles. The van der Waals surface area contributed by atoms with Crippen LogP contribution in [0.1, 0.15) is 16.8 Å². The smallest absolute Gasteiger partial charge is 0.307 e. The van der Waals surface area contributed by atoms with Gasteiger partial charge in [-0.05, 0) is 29.8 Å². The normalized spacial score (nSPS) is 10.5. The minimum atomic E-state index is -0.888. The SMILES string of the molecule is NCc1cccc(-c2cccc(COc3ccccc3CC(=O)O)n2)c1. The fourth-order valence-electron chi connectivity index (χ4n) is 2.68. The van der Waals surface area contributed by atoms with Crippen molar-refractivity contribution in [3.63, 3.8) is 0 Å². The summed E-state index contributed by atoms with van der Waals surface area (Å²) in [5.74, 6) is -0.326. The summed E-state index contributed by atoms with van der Waals surface area (Å²) in [6.07, 6.45) is -0.0739. The van der Waals surface area contributed by atoms with Crippen LogP contribution >= 0.6 is 0 Å². The van der Waals surface area contributed by atoms with E-state index in [9.17, 15) is 4.79 Å². The minimum absolute atomic E-state index is 0.0739. The Morgan fingerprint density at radius 1 is 1.04 bits per heavy atom. The molecule has 0 aliphatic rings. The summed E-state index contributed by atoms with van der Waals surface area (Å²) in [7, 11) is 0. The topological polar surface area (TPSA) is 85.4 Å². The lowest BCUT2D eigenvalue weighted by atomic mass is 10.1. The molecule has 0 amide bonds. The maximum atomic E-state index is 11.0. The van der Waals surface area contributed by atoms with Crippen molar-refractivity contribution in [2.24, 2.45) is 5.73 Å². The first kappa shape index (κ1) is 17.6. The third-order valence-electron chi connectivity index (χ3n) is 3.96. The van der Waals surface area contributed by atoms with Gasteiger partial charge in [-0.1, -0.05) is 42.5 Å². The highest BCUT2D eigenvalue weighted by atomic mass is 16.5. The molecular formula is C21H20N2O3. The number of aromatic nitrogens is 1. The highest BCUT2D eigenvalue weighted by molar-refractivity contribution is 5.71. The van der Waals surface area contributed by atoms with E-state index in [1.807, 2.05) is 48.5 Å². The minimum Gasteiger partial charge on any atom is -0.487 e. The van der Waals surface area contributed by atoms with Gasteiger partial charge in [0.05, 0.1) is 17.8 Å². The zero-order chi connectivity index (χ0) is 18.4. The molecule has 0 unspecified atom stereocenters. The molecule has 1 aromatic heterocycles. The van der Waals surface area contributed by atoms with Crippen LogP contribution in [0.15, 0.2) is 66.7 Å². The fourth-order valence-corrected chi connectivity index (χ4v) is 2.68. The van der Waals surface area contributed by atoms with E-state index in [1.54, 1.807) is 18.2 Å². The second-order valence-corrected chi connectivity index (χ2v) is 5.89. The van der Waals surface area contributed by atoms with Gasteiger partial charge in [0.2, 0.25) is 0 Å². The maximum Gasteiger partial charge on any atom is 0.307 e. The fraction of sp³-hybridized carbons (Fsp3) is 0.143. The standard InChI is InChI=1S/C21H20N2O3/c22-13-15-5-3-7-16(11-15)19-9-4-8-18(23-19)14-26-20-10-2-1-6-17(20)12-21(24)25/h1-11H,12-14,22H2,(H,24,25). The van der Waals surface area contributed by atoms with Crippen LogP contribution in [0.3, 0.4) is 0 Å².